The van der Waals surface area contributed by atoms with E-state index >= 15 is 0 Å². The highest BCUT2D eigenvalue weighted by Crippen LogP contribution is 2.25. The van der Waals surface area contributed by atoms with Gasteiger partial charge in [-0.3, -0.25) is 9.59 Å². The van der Waals surface area contributed by atoms with Crippen LogP contribution in [0.1, 0.15) is 156 Å². The molecule has 0 rings (SSSR count). The predicted molar refractivity (Wildman–Crippen MR) is 175 cm³/mol. The lowest BCUT2D eigenvalue weighted by molar-refractivity contribution is -0.935. The van der Waals surface area contributed by atoms with Crippen LogP contribution in [0.15, 0.2) is 12.2 Å². The Bertz CT molecular complexity index is 692. The van der Waals surface area contributed by atoms with Gasteiger partial charge in [0.25, 0.3) is 0 Å². The lowest BCUT2D eigenvalue weighted by Crippen LogP contribution is -2.59. The molecule has 0 aromatic carbocycles. The van der Waals surface area contributed by atoms with Crippen LogP contribution >= 0.6 is 0 Å². The van der Waals surface area contributed by atoms with Crippen molar-refractivity contribution in [1.82, 2.24) is 0 Å². The number of carbonyl (C=O) groups excluding carboxylic acids is 1. The van der Waals surface area contributed by atoms with Crippen molar-refractivity contribution >= 4 is 17.9 Å². The molecule has 0 aliphatic rings. The van der Waals surface area contributed by atoms with Gasteiger partial charge >= 0.3 is 11.9 Å². The first-order chi connectivity index (χ1) is 20.7. The van der Waals surface area contributed by atoms with Crippen LogP contribution in [0.3, 0.4) is 0 Å². The van der Waals surface area contributed by atoms with Gasteiger partial charge in [0.1, 0.15) is 11.8 Å². The number of allylic oxidation sites excluding steroid dienone is 2. The summed E-state index contributed by atoms with van der Waals surface area (Å²) in [6, 6.07) is 0. The average molecular weight is 610 g/mol. The molecule has 0 heterocycles. The van der Waals surface area contributed by atoms with Crippen LogP contribution in [0, 0.1) is 17.8 Å². The number of carboxylic acid groups (broad SMARTS) is 3. The van der Waals surface area contributed by atoms with E-state index < -0.39 is 35.7 Å². The Morgan fingerprint density at radius 3 is 1.26 bits per heavy atom. The first-order valence-electron chi connectivity index (χ1n) is 17.8. The van der Waals surface area contributed by atoms with Crippen molar-refractivity contribution in [1.29, 1.82) is 0 Å². The van der Waals surface area contributed by atoms with Crippen LogP contribution in [0.25, 0.3) is 0 Å². The van der Waals surface area contributed by atoms with E-state index in [4.69, 9.17) is 0 Å². The van der Waals surface area contributed by atoms with Gasteiger partial charge in [-0.25, -0.2) is 0 Å². The van der Waals surface area contributed by atoms with Gasteiger partial charge in [0, 0.05) is 5.92 Å². The molecular weight excluding hydrogens is 542 g/mol. The van der Waals surface area contributed by atoms with Gasteiger partial charge in [-0.05, 0) is 57.8 Å². The zero-order valence-electron chi connectivity index (χ0n) is 28.3. The number of hydrogen-bond acceptors (Lipinski definition) is 4. The zero-order valence-corrected chi connectivity index (χ0v) is 28.3. The largest absolute Gasteiger partial charge is 0.550 e. The van der Waals surface area contributed by atoms with Crippen molar-refractivity contribution in [3.8, 4) is 0 Å². The molecule has 0 saturated carbocycles. The highest BCUT2D eigenvalue weighted by Gasteiger charge is 2.39. The van der Waals surface area contributed by atoms with Crippen LogP contribution in [-0.2, 0) is 14.4 Å². The minimum atomic E-state index is -1.14. The molecule has 3 unspecified atom stereocenters. The molecule has 0 aliphatic carbocycles. The van der Waals surface area contributed by atoms with E-state index in [2.05, 4.69) is 19.1 Å². The molecular formula is C36H67NO6. The van der Waals surface area contributed by atoms with Crippen molar-refractivity contribution in [2.75, 3.05) is 26.2 Å². The van der Waals surface area contributed by atoms with Crippen molar-refractivity contribution in [3.63, 3.8) is 0 Å². The Morgan fingerprint density at radius 2 is 0.907 bits per heavy atom. The molecule has 3 atom stereocenters. The lowest BCUT2D eigenvalue weighted by atomic mass is 9.95. The second-order valence-electron chi connectivity index (χ2n) is 12.9. The Kier molecular flexibility index (Phi) is 25.3. The number of unbranched alkanes of at least 4 members (excludes halogenated alkanes) is 15. The van der Waals surface area contributed by atoms with Crippen molar-refractivity contribution in [2.24, 2.45) is 17.8 Å². The molecule has 0 amide bonds. The molecule has 0 fully saturated rings. The summed E-state index contributed by atoms with van der Waals surface area (Å²) in [5, 5.41) is 31.5. The summed E-state index contributed by atoms with van der Waals surface area (Å²) in [5.74, 6) is -4.95. The fraction of sp³-hybridized carbons (Fsp3) is 0.861. The minimum absolute atomic E-state index is 0.218. The second-order valence-corrected chi connectivity index (χ2v) is 12.9. The first-order valence-corrected chi connectivity index (χ1v) is 17.8. The normalized spacial score (nSPS) is 15.3. The van der Waals surface area contributed by atoms with Gasteiger partial charge in [0.15, 0.2) is 0 Å². The summed E-state index contributed by atoms with van der Waals surface area (Å²) in [6.45, 7) is 9.05. The Balaban J connectivity index is 4.64. The number of aliphatic carboxylic acids is 3. The summed E-state index contributed by atoms with van der Waals surface area (Å²) < 4.78 is 0.218. The molecule has 7 nitrogen and oxygen atoms in total. The fourth-order valence-corrected chi connectivity index (χ4v) is 6.26. The van der Waals surface area contributed by atoms with Gasteiger partial charge in [0.2, 0.25) is 0 Å². The zero-order chi connectivity index (χ0) is 32.3. The van der Waals surface area contributed by atoms with Crippen LogP contribution in [-0.4, -0.2) is 58.8 Å². The van der Waals surface area contributed by atoms with E-state index in [0.717, 1.165) is 25.7 Å². The number of carbonyl (C=O) groups is 3. The second kappa shape index (κ2) is 26.5. The Labute approximate surface area is 264 Å². The minimum Gasteiger partial charge on any atom is -0.550 e. The van der Waals surface area contributed by atoms with Gasteiger partial charge in [0.05, 0.1) is 32.1 Å². The summed E-state index contributed by atoms with van der Waals surface area (Å²) in [4.78, 5) is 35.8. The number of carboxylic acids is 3. The summed E-state index contributed by atoms with van der Waals surface area (Å²) >= 11 is 0. The first kappa shape index (κ1) is 41.1. The maximum atomic E-state index is 12.0. The molecule has 0 radical (unpaired) electrons. The van der Waals surface area contributed by atoms with Crippen molar-refractivity contribution in [3.05, 3.63) is 12.2 Å². The van der Waals surface area contributed by atoms with Crippen LogP contribution in [0.4, 0.5) is 0 Å². The molecule has 0 saturated heterocycles. The third kappa shape index (κ3) is 20.7. The fourth-order valence-electron chi connectivity index (χ4n) is 6.26. The van der Waals surface area contributed by atoms with E-state index in [1.54, 1.807) is 6.92 Å². The molecule has 43 heavy (non-hydrogen) atoms. The van der Waals surface area contributed by atoms with Gasteiger partial charge in [-0.1, -0.05) is 110 Å². The molecule has 0 aromatic heterocycles. The van der Waals surface area contributed by atoms with Crippen LogP contribution in [0.2, 0.25) is 0 Å². The van der Waals surface area contributed by atoms with Crippen molar-refractivity contribution < 1.29 is 34.2 Å². The van der Waals surface area contributed by atoms with Gasteiger partial charge in [-0.2, -0.15) is 0 Å². The summed E-state index contributed by atoms with van der Waals surface area (Å²) in [5.41, 5.74) is 0. The number of quaternary nitrogens is 1. The van der Waals surface area contributed by atoms with E-state index in [-0.39, 0.29) is 24.1 Å². The molecule has 0 bridgehead atoms. The number of nitrogens with zero attached hydrogens (tertiary/aromatic N) is 1. The average Bonchev–Trinajstić information content (AvgIpc) is 2.98. The van der Waals surface area contributed by atoms with Crippen molar-refractivity contribution in [2.45, 2.75) is 156 Å². The maximum Gasteiger partial charge on any atom is 0.312 e. The standard InChI is InChI=1S/C36H67NO6/c1-5-9-10-11-12-13-14-15-16-17-18-19-20-21-22-23-24-25-26-27-37(28-31(6-2)34(38)39,29-32(7-3)35(40)41)30-33(8-4)36(42)43/h15-16,31-33H,5-14,17-30H2,1-4H3,(H2-,38,39,40,41,42,43)/b16-15+. The smallest absolute Gasteiger partial charge is 0.312 e. The van der Waals surface area contributed by atoms with Crippen LogP contribution in [0.5, 0.6) is 0 Å². The highest BCUT2D eigenvalue weighted by atomic mass is 16.4. The van der Waals surface area contributed by atoms with Gasteiger partial charge < -0.3 is 24.6 Å². The van der Waals surface area contributed by atoms with E-state index in [9.17, 15) is 29.7 Å². The lowest BCUT2D eigenvalue weighted by Gasteiger charge is -2.44. The Hall–Kier alpha value is -1.89. The van der Waals surface area contributed by atoms with E-state index in [0.29, 0.717) is 25.8 Å². The third-order valence-electron chi connectivity index (χ3n) is 9.23. The molecule has 252 valence electrons. The SMILES string of the molecule is CCCCCCCC/C=C/CCCCCCCCCCC[N+](CC(CC)C(=O)[O-])(CC(CC)C(=O)O)CC(CC)C(=O)O. The molecule has 2 N–H and O–H groups in total. The molecule has 7 heteroatoms. The topological polar surface area (TPSA) is 115 Å². The number of rotatable bonds is 31. The quantitative estimate of drug-likeness (QED) is 0.0467. The monoisotopic (exact) mass is 609 g/mol. The Morgan fingerprint density at radius 1 is 0.558 bits per heavy atom. The molecule has 0 spiro atoms. The third-order valence-corrected chi connectivity index (χ3v) is 9.23. The van der Waals surface area contributed by atoms with Crippen LogP contribution < -0.4 is 5.11 Å². The summed E-state index contributed by atoms with van der Waals surface area (Å²) in [7, 11) is 0. The van der Waals surface area contributed by atoms with Gasteiger partial charge in [-0.15, -0.1) is 0 Å². The highest BCUT2D eigenvalue weighted by molar-refractivity contribution is 5.70. The molecule has 0 aromatic rings. The maximum absolute atomic E-state index is 12.0. The van der Waals surface area contributed by atoms with E-state index in [1.165, 1.54) is 83.5 Å². The van der Waals surface area contributed by atoms with E-state index in [1.807, 2.05) is 13.8 Å². The number of hydrogen-bond donors (Lipinski definition) is 2. The molecule has 0 aliphatic heterocycles. The summed E-state index contributed by atoms with van der Waals surface area (Å²) in [6.07, 6.45) is 26.8. The predicted octanol–water partition coefficient (Wildman–Crippen LogP) is 8.01.